The van der Waals surface area contributed by atoms with Crippen molar-refractivity contribution in [3.8, 4) is 0 Å². The molecule has 1 fully saturated rings. The summed E-state index contributed by atoms with van der Waals surface area (Å²) in [5.74, 6) is 1.92. The molecule has 1 aliphatic heterocycles. The Morgan fingerprint density at radius 2 is 0.957 bits per heavy atom. The fourth-order valence-electron chi connectivity index (χ4n) is 6.05. The third-order valence-electron chi connectivity index (χ3n) is 8.54. The summed E-state index contributed by atoms with van der Waals surface area (Å²) in [5.41, 5.74) is 1.94. The monoisotopic (exact) mass is 698 g/mol. The van der Waals surface area contributed by atoms with Crippen molar-refractivity contribution in [2.75, 3.05) is 102 Å². The van der Waals surface area contributed by atoms with Gasteiger partial charge >= 0.3 is 0 Å². The maximum absolute atomic E-state index is 13.4. The van der Waals surface area contributed by atoms with Gasteiger partial charge in [-0.1, -0.05) is 48.5 Å². The summed E-state index contributed by atoms with van der Waals surface area (Å²) in [4.78, 5) is 9.10. The molecule has 0 amide bonds. The lowest BCUT2D eigenvalue weighted by molar-refractivity contribution is 0.223. The van der Waals surface area contributed by atoms with E-state index in [1.807, 2.05) is 98.3 Å². The van der Waals surface area contributed by atoms with Crippen molar-refractivity contribution >= 4 is 64.7 Å². The minimum atomic E-state index is -3.71. The van der Waals surface area contributed by atoms with Crippen LogP contribution in [0.2, 0.25) is 0 Å². The molecule has 4 aromatic rings. The second-order valence-corrected chi connectivity index (χ2v) is 16.8. The average molecular weight is 699 g/mol. The van der Waals surface area contributed by atoms with Crippen LogP contribution in [0.4, 0.5) is 11.4 Å². The van der Waals surface area contributed by atoms with Crippen LogP contribution in [0.3, 0.4) is 0 Å². The smallest absolute Gasteiger partial charge is 0.241 e. The number of hydrogen-bond donors (Lipinski definition) is 2. The molecule has 5 rings (SSSR count). The van der Waals surface area contributed by atoms with E-state index in [0.29, 0.717) is 37.0 Å². The number of fused-ring (bicyclic) bond motifs is 2. The second kappa shape index (κ2) is 15.5. The number of hydrogen-bond acceptors (Lipinski definition) is 9. The molecule has 47 heavy (non-hydrogen) atoms. The molecule has 0 saturated carbocycles. The Hall–Kier alpha value is -2.91. The van der Waals surface area contributed by atoms with E-state index in [1.54, 1.807) is 24.3 Å². The molecule has 10 nitrogen and oxygen atoms in total. The third kappa shape index (κ3) is 8.58. The van der Waals surface area contributed by atoms with Crippen molar-refractivity contribution in [1.29, 1.82) is 0 Å². The zero-order valence-corrected chi connectivity index (χ0v) is 30.1. The Morgan fingerprint density at radius 1 is 0.574 bits per heavy atom. The van der Waals surface area contributed by atoms with Crippen LogP contribution >= 0.6 is 11.8 Å². The summed E-state index contributed by atoms with van der Waals surface area (Å²) in [6.45, 7) is 5.05. The van der Waals surface area contributed by atoms with Crippen molar-refractivity contribution in [3.63, 3.8) is 0 Å². The largest absolute Gasteiger partial charge is 0.377 e. The van der Waals surface area contributed by atoms with Crippen molar-refractivity contribution < 1.29 is 16.8 Å². The highest BCUT2D eigenvalue weighted by atomic mass is 32.2. The SMILES string of the molecule is CN(C)c1cccc2c(S(=O)(=O)NCCN3CCSCCN(CCNS(=O)(=O)c4cccc5c(N(C)C)cccc45)CC3)cccc12. The first-order chi connectivity index (χ1) is 22.5. The summed E-state index contributed by atoms with van der Waals surface area (Å²) in [5, 5.41) is 3.21. The van der Waals surface area contributed by atoms with Gasteiger partial charge in [-0.3, -0.25) is 9.80 Å². The molecule has 0 unspecified atom stereocenters. The first-order valence-corrected chi connectivity index (χ1v) is 20.0. The molecule has 0 bridgehead atoms. The maximum atomic E-state index is 13.4. The topological polar surface area (TPSA) is 105 Å². The first-order valence-electron chi connectivity index (χ1n) is 15.9. The standard InChI is InChI=1S/C34H46N6O4S3/c1-37(2)31-13-5-11-29-27(31)9-7-15-33(29)46(41,42)35-17-19-39-21-22-40(24-26-45-25-23-39)20-18-36-47(43,44)34-16-8-10-28-30(34)12-6-14-32(28)38(3)4/h5-16,35-36H,17-26H2,1-4H3. The Kier molecular flexibility index (Phi) is 11.7. The van der Waals surface area contributed by atoms with Crippen LogP contribution in [0.25, 0.3) is 21.5 Å². The van der Waals surface area contributed by atoms with E-state index < -0.39 is 20.0 Å². The van der Waals surface area contributed by atoms with Gasteiger partial charge < -0.3 is 9.80 Å². The maximum Gasteiger partial charge on any atom is 0.241 e. The molecule has 13 heteroatoms. The van der Waals surface area contributed by atoms with Gasteiger partial charge in [0.05, 0.1) is 9.79 Å². The van der Waals surface area contributed by atoms with Gasteiger partial charge in [0.15, 0.2) is 0 Å². The van der Waals surface area contributed by atoms with E-state index in [0.717, 1.165) is 59.8 Å². The Balaban J connectivity index is 1.16. The molecule has 1 heterocycles. The van der Waals surface area contributed by atoms with Gasteiger partial charge in [0.1, 0.15) is 0 Å². The highest BCUT2D eigenvalue weighted by molar-refractivity contribution is 7.99. The van der Waals surface area contributed by atoms with E-state index in [4.69, 9.17) is 0 Å². The molecule has 4 aromatic carbocycles. The second-order valence-electron chi connectivity index (χ2n) is 12.1. The molecule has 0 aliphatic carbocycles. The molecule has 0 radical (unpaired) electrons. The highest BCUT2D eigenvalue weighted by Crippen LogP contribution is 2.31. The highest BCUT2D eigenvalue weighted by Gasteiger charge is 2.21. The Morgan fingerprint density at radius 3 is 1.36 bits per heavy atom. The predicted octanol–water partition coefficient (Wildman–Crippen LogP) is 3.73. The molecule has 0 atom stereocenters. The van der Waals surface area contributed by atoms with Gasteiger partial charge in [-0.25, -0.2) is 26.3 Å². The fraction of sp³-hybridized carbons (Fsp3) is 0.412. The number of nitrogens with zero attached hydrogens (tertiary/aromatic N) is 4. The quantitative estimate of drug-likeness (QED) is 0.229. The summed E-state index contributed by atoms with van der Waals surface area (Å²) >= 11 is 1.86. The van der Waals surface area contributed by atoms with Crippen LogP contribution in [0.5, 0.6) is 0 Å². The molecule has 254 valence electrons. The summed E-state index contributed by atoms with van der Waals surface area (Å²) < 4.78 is 59.3. The fourth-order valence-corrected chi connectivity index (χ4v) is 9.51. The predicted molar refractivity (Wildman–Crippen MR) is 197 cm³/mol. The van der Waals surface area contributed by atoms with E-state index in [-0.39, 0.29) is 9.79 Å². The van der Waals surface area contributed by atoms with Crippen LogP contribution in [0.15, 0.2) is 82.6 Å². The van der Waals surface area contributed by atoms with Crippen LogP contribution in [-0.2, 0) is 20.0 Å². The lowest BCUT2D eigenvalue weighted by atomic mass is 10.1. The van der Waals surface area contributed by atoms with E-state index in [2.05, 4.69) is 19.2 Å². The van der Waals surface area contributed by atoms with E-state index >= 15 is 0 Å². The van der Waals surface area contributed by atoms with E-state index in [9.17, 15) is 16.8 Å². The van der Waals surface area contributed by atoms with Crippen molar-refractivity contribution in [3.05, 3.63) is 72.8 Å². The summed E-state index contributed by atoms with van der Waals surface area (Å²) in [6.07, 6.45) is 0. The molecule has 1 aliphatic rings. The van der Waals surface area contributed by atoms with Crippen LogP contribution in [0, 0.1) is 0 Å². The molecule has 0 aromatic heterocycles. The zero-order valence-electron chi connectivity index (χ0n) is 27.6. The number of rotatable bonds is 12. The Bertz CT molecular complexity index is 1760. The molecule has 2 N–H and O–H groups in total. The lowest BCUT2D eigenvalue weighted by Crippen LogP contribution is -2.42. The first kappa shape index (κ1) is 35.4. The van der Waals surface area contributed by atoms with E-state index in [1.165, 1.54) is 0 Å². The summed E-state index contributed by atoms with van der Waals surface area (Å²) in [7, 11) is 0.372. The third-order valence-corrected chi connectivity index (χ3v) is 12.5. The average Bonchev–Trinajstić information content (AvgIpc) is 3.15. The van der Waals surface area contributed by atoms with Gasteiger partial charge in [0, 0.05) is 125 Å². The van der Waals surface area contributed by atoms with Crippen molar-refractivity contribution in [2.45, 2.75) is 9.79 Å². The minimum absolute atomic E-state index is 0.286. The van der Waals surface area contributed by atoms with Gasteiger partial charge in [-0.2, -0.15) is 11.8 Å². The number of anilines is 2. The van der Waals surface area contributed by atoms with Crippen molar-refractivity contribution in [1.82, 2.24) is 19.2 Å². The minimum Gasteiger partial charge on any atom is -0.377 e. The van der Waals surface area contributed by atoms with Gasteiger partial charge in [0.25, 0.3) is 0 Å². The van der Waals surface area contributed by atoms with Gasteiger partial charge in [-0.05, 0) is 24.3 Å². The number of thioether (sulfide) groups is 1. The normalized spacial score (nSPS) is 15.7. The summed E-state index contributed by atoms with van der Waals surface area (Å²) in [6, 6.07) is 22.3. The van der Waals surface area contributed by atoms with Crippen LogP contribution in [-0.4, -0.2) is 119 Å². The van der Waals surface area contributed by atoms with Crippen molar-refractivity contribution in [2.24, 2.45) is 0 Å². The number of benzene rings is 4. The van der Waals surface area contributed by atoms with Crippen LogP contribution in [0.1, 0.15) is 0 Å². The molecular weight excluding hydrogens is 653 g/mol. The molecule has 0 spiro atoms. The van der Waals surface area contributed by atoms with Crippen LogP contribution < -0.4 is 19.2 Å². The number of nitrogens with one attached hydrogen (secondary N) is 2. The number of sulfonamides is 2. The van der Waals surface area contributed by atoms with Gasteiger partial charge in [0.2, 0.25) is 20.0 Å². The zero-order chi connectivity index (χ0) is 33.6. The molecule has 1 saturated heterocycles. The Labute approximate surface area is 284 Å². The van der Waals surface area contributed by atoms with Gasteiger partial charge in [-0.15, -0.1) is 0 Å². The molecular formula is C34H46N6O4S3. The lowest BCUT2D eigenvalue weighted by Gasteiger charge is -2.26.